The lowest BCUT2D eigenvalue weighted by Gasteiger charge is -2.30. The van der Waals surface area contributed by atoms with Crippen LogP contribution in [0.1, 0.15) is 36.6 Å². The Morgan fingerprint density at radius 1 is 1.18 bits per heavy atom. The van der Waals surface area contributed by atoms with Crippen LogP contribution >= 0.6 is 39.7 Å². The molecule has 12 nitrogen and oxygen atoms in total. The molecule has 0 bridgehead atoms. The molecule has 3 aromatic carbocycles. The van der Waals surface area contributed by atoms with Gasteiger partial charge in [-0.15, -0.1) is 0 Å². The number of benzene rings is 3. The van der Waals surface area contributed by atoms with Crippen molar-refractivity contribution in [2.24, 2.45) is 5.10 Å². The lowest BCUT2D eigenvalue weighted by Crippen LogP contribution is -2.45. The number of para-hydroxylation sites is 1. The highest BCUT2D eigenvalue weighted by Crippen LogP contribution is 2.35. The van der Waals surface area contributed by atoms with E-state index in [-0.39, 0.29) is 30.5 Å². The van der Waals surface area contributed by atoms with Gasteiger partial charge < -0.3 is 24.8 Å². The Bertz CT molecular complexity index is 1680. The number of halogens is 2. The van der Waals surface area contributed by atoms with E-state index in [1.54, 1.807) is 62.4 Å². The first kappa shape index (κ1) is 33.4. The van der Waals surface area contributed by atoms with Crippen molar-refractivity contribution in [1.82, 2.24) is 16.1 Å². The second kappa shape index (κ2) is 15.5. The number of carbonyl (C=O) groups is 2. The van der Waals surface area contributed by atoms with Gasteiger partial charge in [0.25, 0.3) is 11.6 Å². The largest absolute Gasteiger partial charge is 0.486 e. The maximum Gasteiger partial charge on any atom is 0.338 e. The average Bonchev–Trinajstić information content (AvgIpc) is 2.99. The molecule has 4 rings (SSSR count). The highest BCUT2D eigenvalue weighted by atomic mass is 79.9. The molecule has 0 fully saturated rings. The summed E-state index contributed by atoms with van der Waals surface area (Å²) >= 11 is 15.1. The number of non-ortho nitro benzene ring substituents is 1. The van der Waals surface area contributed by atoms with Crippen LogP contribution in [0, 0.1) is 10.1 Å². The topological polar surface area (TPSA) is 153 Å². The number of nitrogens with one attached hydrogen (secondary N) is 3. The molecule has 1 atom stereocenters. The number of rotatable bonds is 12. The maximum atomic E-state index is 12.7. The molecule has 1 aliphatic rings. The molecule has 1 heterocycles. The number of hydrogen-bond donors (Lipinski definition) is 3. The lowest BCUT2D eigenvalue weighted by atomic mass is 9.95. The van der Waals surface area contributed by atoms with Gasteiger partial charge >= 0.3 is 5.97 Å². The molecule has 0 unspecified atom stereocenters. The number of nitrogens with zero attached hydrogens (tertiary/aromatic N) is 2. The van der Waals surface area contributed by atoms with Gasteiger partial charge in [0.15, 0.2) is 17.5 Å². The molecule has 15 heteroatoms. The molecular formula is C30H27BrClN5O7S. The van der Waals surface area contributed by atoms with Gasteiger partial charge in [-0.3, -0.25) is 14.9 Å². The minimum atomic E-state index is -0.656. The number of nitro benzene ring substituents is 1. The number of ether oxygens (including phenoxy) is 3. The number of hydrogen-bond acceptors (Lipinski definition) is 9. The van der Waals surface area contributed by atoms with Gasteiger partial charge in [-0.05, 0) is 71.3 Å². The smallest absolute Gasteiger partial charge is 0.338 e. The standard InChI is InChI=1S/C30H27BrClN5O7S/c1-3-42-29(39)26-17(2)34-30(45)35-27(26)21-9-4-5-10-24(21)43-16-25(38)36-33-14-19-12-22(31)28(23(32)13-19)44-15-18-7-6-8-20(11-18)37(40)41/h4-14,27H,3,15-16H2,1-2H3,(H,36,38)(H2,34,35,45)/t27-/m0/s1. The van der Waals surface area contributed by atoms with E-state index < -0.39 is 22.8 Å². The molecule has 0 aliphatic carbocycles. The zero-order chi connectivity index (χ0) is 32.5. The molecule has 1 aliphatic heterocycles. The maximum absolute atomic E-state index is 12.7. The fraction of sp³-hybridized carbons (Fsp3) is 0.200. The van der Waals surface area contributed by atoms with Gasteiger partial charge in [-0.2, -0.15) is 5.10 Å². The molecule has 0 saturated carbocycles. The first-order valence-electron chi connectivity index (χ1n) is 13.4. The van der Waals surface area contributed by atoms with E-state index in [4.69, 9.17) is 38.0 Å². The van der Waals surface area contributed by atoms with E-state index in [0.29, 0.717) is 49.0 Å². The summed E-state index contributed by atoms with van der Waals surface area (Å²) in [7, 11) is 0. The fourth-order valence-corrected chi connectivity index (χ4v) is 5.58. The Morgan fingerprint density at radius 3 is 2.69 bits per heavy atom. The number of thiocarbonyl (C=S) groups is 1. The van der Waals surface area contributed by atoms with Crippen LogP contribution < -0.4 is 25.5 Å². The van der Waals surface area contributed by atoms with Crippen LogP contribution in [0.3, 0.4) is 0 Å². The summed E-state index contributed by atoms with van der Waals surface area (Å²) < 4.78 is 17.3. The monoisotopic (exact) mass is 715 g/mol. The van der Waals surface area contributed by atoms with E-state index in [1.807, 2.05) is 0 Å². The molecule has 234 valence electrons. The minimum Gasteiger partial charge on any atom is -0.486 e. The molecule has 0 spiro atoms. The number of nitro groups is 1. The molecule has 0 saturated heterocycles. The van der Waals surface area contributed by atoms with Crippen LogP contribution in [0.25, 0.3) is 0 Å². The van der Waals surface area contributed by atoms with Crippen LogP contribution in [-0.4, -0.2) is 41.3 Å². The van der Waals surface area contributed by atoms with Crippen LogP contribution in [0.5, 0.6) is 11.5 Å². The van der Waals surface area contributed by atoms with Crippen LogP contribution in [0.4, 0.5) is 5.69 Å². The van der Waals surface area contributed by atoms with Crippen LogP contribution in [0.2, 0.25) is 5.02 Å². The van der Waals surface area contributed by atoms with E-state index in [2.05, 4.69) is 37.1 Å². The average molecular weight is 717 g/mol. The number of esters is 1. The molecule has 3 N–H and O–H groups in total. The van der Waals surface area contributed by atoms with Crippen molar-refractivity contribution in [2.45, 2.75) is 26.5 Å². The summed E-state index contributed by atoms with van der Waals surface area (Å²) in [6.07, 6.45) is 1.39. The van der Waals surface area contributed by atoms with Crippen molar-refractivity contribution in [3.8, 4) is 11.5 Å². The lowest BCUT2D eigenvalue weighted by molar-refractivity contribution is -0.384. The SMILES string of the molecule is CCOC(=O)C1=C(C)NC(=S)N[C@H]1c1ccccc1OCC(=O)NN=Cc1cc(Cl)c(OCc2cccc([N+](=O)[O-])c2)c(Br)c1. The Balaban J connectivity index is 1.37. The van der Waals surface area contributed by atoms with Gasteiger partial charge in [0.1, 0.15) is 12.4 Å². The fourth-order valence-electron chi connectivity index (χ4n) is 4.32. The zero-order valence-corrected chi connectivity index (χ0v) is 27.1. The summed E-state index contributed by atoms with van der Waals surface area (Å²) in [6.45, 7) is 3.35. The van der Waals surface area contributed by atoms with Crippen LogP contribution in [0.15, 0.2) is 81.5 Å². The molecule has 1 amide bonds. The molecule has 0 radical (unpaired) electrons. The highest BCUT2D eigenvalue weighted by Gasteiger charge is 2.32. The van der Waals surface area contributed by atoms with Gasteiger partial charge in [0.05, 0.1) is 38.9 Å². The van der Waals surface area contributed by atoms with Gasteiger partial charge in [-0.1, -0.05) is 41.9 Å². The molecule has 3 aromatic rings. The van der Waals surface area contributed by atoms with Crippen molar-refractivity contribution in [3.63, 3.8) is 0 Å². The summed E-state index contributed by atoms with van der Waals surface area (Å²) in [5, 5.41) is 21.6. The van der Waals surface area contributed by atoms with Crippen molar-refractivity contribution >= 4 is 68.6 Å². The summed E-state index contributed by atoms with van der Waals surface area (Å²) in [5.74, 6) is -0.325. The van der Waals surface area contributed by atoms with E-state index >= 15 is 0 Å². The predicted molar refractivity (Wildman–Crippen MR) is 175 cm³/mol. The zero-order valence-electron chi connectivity index (χ0n) is 24.0. The second-order valence-electron chi connectivity index (χ2n) is 9.44. The predicted octanol–water partition coefficient (Wildman–Crippen LogP) is 5.47. The Kier molecular flexibility index (Phi) is 11.5. The van der Waals surface area contributed by atoms with Crippen molar-refractivity contribution < 1.29 is 28.7 Å². The van der Waals surface area contributed by atoms with Gasteiger partial charge in [0.2, 0.25) is 0 Å². The Morgan fingerprint density at radius 2 is 1.96 bits per heavy atom. The minimum absolute atomic E-state index is 0.0386. The number of allylic oxidation sites excluding steroid dienone is 1. The summed E-state index contributed by atoms with van der Waals surface area (Å²) in [4.78, 5) is 35.8. The van der Waals surface area contributed by atoms with E-state index in [0.717, 1.165) is 0 Å². The first-order chi connectivity index (χ1) is 21.6. The van der Waals surface area contributed by atoms with Crippen molar-refractivity contribution in [1.29, 1.82) is 0 Å². The quantitative estimate of drug-likeness (QED) is 0.0723. The van der Waals surface area contributed by atoms with Crippen LogP contribution in [-0.2, 0) is 20.9 Å². The Labute approximate surface area is 277 Å². The third kappa shape index (κ3) is 8.77. The first-order valence-corrected chi connectivity index (χ1v) is 15.0. The second-order valence-corrected chi connectivity index (χ2v) is 11.1. The third-order valence-electron chi connectivity index (χ3n) is 6.28. The highest BCUT2D eigenvalue weighted by molar-refractivity contribution is 9.10. The summed E-state index contributed by atoms with van der Waals surface area (Å²) in [5.41, 5.74) is 5.02. The Hall–Kier alpha value is -4.53. The number of hydrazone groups is 1. The molecule has 45 heavy (non-hydrogen) atoms. The van der Waals surface area contributed by atoms with E-state index in [9.17, 15) is 19.7 Å². The van der Waals surface area contributed by atoms with Gasteiger partial charge in [0, 0.05) is 23.4 Å². The molecule has 0 aromatic heterocycles. The third-order valence-corrected chi connectivity index (χ3v) is 7.37. The number of amides is 1. The number of carbonyl (C=O) groups excluding carboxylic acids is 2. The summed E-state index contributed by atoms with van der Waals surface area (Å²) in [6, 6.07) is 15.7. The molecular weight excluding hydrogens is 690 g/mol. The van der Waals surface area contributed by atoms with Crippen molar-refractivity contribution in [3.05, 3.63) is 108 Å². The van der Waals surface area contributed by atoms with Crippen molar-refractivity contribution in [2.75, 3.05) is 13.2 Å². The normalized spacial score (nSPS) is 14.4. The van der Waals surface area contributed by atoms with E-state index in [1.165, 1.54) is 18.3 Å². The van der Waals surface area contributed by atoms with Gasteiger partial charge in [-0.25, -0.2) is 10.2 Å².